The molecule has 0 spiro atoms. The number of aliphatic hydroxyl groups is 1. The molecule has 1 amide bonds. The number of carbonyl (C=O) groups excluding carboxylic acids is 1. The summed E-state index contributed by atoms with van der Waals surface area (Å²) in [5.74, 6) is -0.415. The SMILES string of the molecule is CC1(C)C=CN(CCO)C=C1C(N)=O. The lowest BCUT2D eigenvalue weighted by Gasteiger charge is -2.30. The van der Waals surface area contributed by atoms with Crippen LogP contribution >= 0.6 is 0 Å². The van der Waals surface area contributed by atoms with Gasteiger partial charge in [-0.05, 0) is 0 Å². The van der Waals surface area contributed by atoms with E-state index in [1.807, 2.05) is 26.1 Å². The molecule has 0 atom stereocenters. The van der Waals surface area contributed by atoms with Crippen molar-refractivity contribution in [2.24, 2.45) is 11.1 Å². The molecule has 0 bridgehead atoms. The lowest BCUT2D eigenvalue weighted by molar-refractivity contribution is -0.115. The van der Waals surface area contributed by atoms with Crippen LogP contribution in [0.25, 0.3) is 0 Å². The van der Waals surface area contributed by atoms with Crippen LogP contribution in [-0.2, 0) is 4.79 Å². The third-order valence-corrected chi connectivity index (χ3v) is 2.30. The van der Waals surface area contributed by atoms with E-state index in [1.165, 1.54) is 0 Å². The Morgan fingerprint density at radius 3 is 2.79 bits per heavy atom. The molecule has 14 heavy (non-hydrogen) atoms. The number of β-amino-alcohol motifs (C(OH)–C–C–N with tert-alkyl or cyclic N) is 1. The summed E-state index contributed by atoms with van der Waals surface area (Å²) in [6.07, 6.45) is 5.45. The van der Waals surface area contributed by atoms with Gasteiger partial charge < -0.3 is 15.7 Å². The van der Waals surface area contributed by atoms with Crippen molar-refractivity contribution in [2.45, 2.75) is 13.8 Å². The van der Waals surface area contributed by atoms with Crippen molar-refractivity contribution in [1.29, 1.82) is 0 Å². The van der Waals surface area contributed by atoms with Gasteiger partial charge in [0.25, 0.3) is 0 Å². The minimum atomic E-state index is -0.415. The number of nitrogens with two attached hydrogens (primary N) is 1. The van der Waals surface area contributed by atoms with Crippen LogP contribution < -0.4 is 5.73 Å². The number of primary amides is 1. The number of rotatable bonds is 3. The van der Waals surface area contributed by atoms with E-state index in [4.69, 9.17) is 10.8 Å². The Hall–Kier alpha value is -1.29. The first-order chi connectivity index (χ1) is 6.47. The number of amides is 1. The number of allylic oxidation sites excluding steroid dienone is 1. The lowest BCUT2D eigenvalue weighted by atomic mass is 9.82. The summed E-state index contributed by atoms with van der Waals surface area (Å²) in [5, 5.41) is 8.75. The molecule has 0 fully saturated rings. The van der Waals surface area contributed by atoms with Crippen molar-refractivity contribution >= 4 is 5.91 Å². The molecular formula is C10H16N2O2. The van der Waals surface area contributed by atoms with Gasteiger partial charge >= 0.3 is 0 Å². The van der Waals surface area contributed by atoms with E-state index in [1.54, 1.807) is 11.1 Å². The molecule has 1 rings (SSSR count). The lowest BCUT2D eigenvalue weighted by Crippen LogP contribution is -2.31. The Labute approximate surface area is 83.7 Å². The molecule has 0 aromatic carbocycles. The van der Waals surface area contributed by atoms with Crippen molar-refractivity contribution in [3.63, 3.8) is 0 Å². The fourth-order valence-electron chi connectivity index (χ4n) is 1.38. The van der Waals surface area contributed by atoms with Crippen LogP contribution in [0.1, 0.15) is 13.8 Å². The van der Waals surface area contributed by atoms with Crippen molar-refractivity contribution in [3.8, 4) is 0 Å². The molecule has 0 saturated carbocycles. The van der Waals surface area contributed by atoms with E-state index in [-0.39, 0.29) is 12.0 Å². The van der Waals surface area contributed by atoms with Gasteiger partial charge in [0.1, 0.15) is 0 Å². The van der Waals surface area contributed by atoms with Crippen LogP contribution in [-0.4, -0.2) is 29.1 Å². The molecule has 1 heterocycles. The predicted molar refractivity (Wildman–Crippen MR) is 54.0 cm³/mol. The highest BCUT2D eigenvalue weighted by Gasteiger charge is 2.27. The van der Waals surface area contributed by atoms with Crippen LogP contribution in [0.3, 0.4) is 0 Å². The van der Waals surface area contributed by atoms with Gasteiger partial charge in [-0.15, -0.1) is 0 Å². The quantitative estimate of drug-likeness (QED) is 0.677. The zero-order chi connectivity index (χ0) is 10.8. The van der Waals surface area contributed by atoms with Gasteiger partial charge in [0.15, 0.2) is 0 Å². The van der Waals surface area contributed by atoms with Crippen LogP contribution in [0.15, 0.2) is 24.0 Å². The molecule has 3 N–H and O–H groups in total. The maximum absolute atomic E-state index is 11.2. The smallest absolute Gasteiger partial charge is 0.246 e. The standard InChI is InChI=1S/C10H16N2O2/c1-10(2)3-4-12(5-6-13)7-8(10)9(11)14/h3-4,7,13H,5-6H2,1-2H3,(H2,11,14). The number of carbonyl (C=O) groups is 1. The first-order valence-corrected chi connectivity index (χ1v) is 4.55. The van der Waals surface area contributed by atoms with Gasteiger partial charge in [-0.25, -0.2) is 0 Å². The van der Waals surface area contributed by atoms with Gasteiger partial charge in [0, 0.05) is 29.9 Å². The second-order valence-electron chi connectivity index (χ2n) is 3.91. The van der Waals surface area contributed by atoms with E-state index in [9.17, 15) is 4.79 Å². The number of hydrogen-bond acceptors (Lipinski definition) is 3. The third kappa shape index (κ3) is 2.14. The van der Waals surface area contributed by atoms with E-state index in [2.05, 4.69) is 0 Å². The summed E-state index contributed by atoms with van der Waals surface area (Å²) >= 11 is 0. The Kier molecular flexibility index (Phi) is 2.96. The summed E-state index contributed by atoms with van der Waals surface area (Å²) in [7, 11) is 0. The first-order valence-electron chi connectivity index (χ1n) is 4.55. The minimum absolute atomic E-state index is 0.0489. The number of aliphatic hydroxyl groups excluding tert-OH is 1. The van der Waals surface area contributed by atoms with Crippen molar-refractivity contribution in [3.05, 3.63) is 24.0 Å². The summed E-state index contributed by atoms with van der Waals surface area (Å²) in [6.45, 7) is 4.38. The van der Waals surface area contributed by atoms with Crippen LogP contribution in [0.5, 0.6) is 0 Å². The zero-order valence-corrected chi connectivity index (χ0v) is 8.53. The number of hydrogen-bond donors (Lipinski definition) is 2. The second kappa shape index (κ2) is 3.84. The van der Waals surface area contributed by atoms with Crippen LogP contribution in [0.4, 0.5) is 0 Å². The minimum Gasteiger partial charge on any atom is -0.395 e. The highest BCUT2D eigenvalue weighted by molar-refractivity contribution is 5.93. The van der Waals surface area contributed by atoms with E-state index in [0.717, 1.165) is 0 Å². The molecule has 0 radical (unpaired) electrons. The number of nitrogens with zero attached hydrogens (tertiary/aromatic N) is 1. The van der Waals surface area contributed by atoms with Gasteiger partial charge in [0.2, 0.25) is 5.91 Å². The second-order valence-corrected chi connectivity index (χ2v) is 3.91. The van der Waals surface area contributed by atoms with Crippen molar-refractivity contribution < 1.29 is 9.90 Å². The van der Waals surface area contributed by atoms with E-state index < -0.39 is 5.91 Å². The third-order valence-electron chi connectivity index (χ3n) is 2.30. The molecule has 0 aliphatic carbocycles. The van der Waals surface area contributed by atoms with Crippen LogP contribution in [0.2, 0.25) is 0 Å². The average molecular weight is 196 g/mol. The molecule has 0 saturated heterocycles. The largest absolute Gasteiger partial charge is 0.395 e. The maximum atomic E-state index is 11.2. The fraction of sp³-hybridized carbons (Fsp3) is 0.500. The van der Waals surface area contributed by atoms with Crippen molar-refractivity contribution in [1.82, 2.24) is 4.90 Å². The highest BCUT2D eigenvalue weighted by Crippen LogP contribution is 2.31. The topological polar surface area (TPSA) is 66.6 Å². The summed E-state index contributed by atoms with van der Waals surface area (Å²) in [4.78, 5) is 12.9. The normalized spacial score (nSPS) is 19.4. The van der Waals surface area contributed by atoms with E-state index >= 15 is 0 Å². The molecule has 4 heteroatoms. The predicted octanol–water partition coefficient (Wildman–Crippen LogP) is 0.203. The highest BCUT2D eigenvalue weighted by atomic mass is 16.3. The fourth-order valence-corrected chi connectivity index (χ4v) is 1.38. The monoisotopic (exact) mass is 196 g/mol. The van der Waals surface area contributed by atoms with Gasteiger partial charge in [-0.1, -0.05) is 19.9 Å². The van der Waals surface area contributed by atoms with Gasteiger partial charge in [-0.2, -0.15) is 0 Å². The Morgan fingerprint density at radius 1 is 1.64 bits per heavy atom. The molecular weight excluding hydrogens is 180 g/mol. The van der Waals surface area contributed by atoms with Gasteiger partial charge in [-0.3, -0.25) is 4.79 Å². The maximum Gasteiger partial charge on any atom is 0.246 e. The first kappa shape index (κ1) is 10.8. The summed E-state index contributed by atoms with van der Waals surface area (Å²) in [5.41, 5.74) is 5.51. The van der Waals surface area contributed by atoms with E-state index in [0.29, 0.717) is 12.1 Å². The Morgan fingerprint density at radius 2 is 2.29 bits per heavy atom. The molecule has 1 aliphatic rings. The molecule has 1 aliphatic heterocycles. The van der Waals surface area contributed by atoms with Crippen LogP contribution in [0, 0.1) is 5.41 Å². The van der Waals surface area contributed by atoms with Gasteiger partial charge in [0.05, 0.1) is 6.61 Å². The average Bonchev–Trinajstić information content (AvgIpc) is 2.08. The Bertz CT molecular complexity index is 292. The zero-order valence-electron chi connectivity index (χ0n) is 8.53. The summed E-state index contributed by atoms with van der Waals surface area (Å²) in [6, 6.07) is 0. The molecule has 0 aromatic heterocycles. The molecule has 4 nitrogen and oxygen atoms in total. The molecule has 78 valence electrons. The molecule has 0 unspecified atom stereocenters. The van der Waals surface area contributed by atoms with Crippen molar-refractivity contribution in [2.75, 3.05) is 13.2 Å². The molecule has 0 aromatic rings. The Balaban J connectivity index is 2.90. The summed E-state index contributed by atoms with van der Waals surface area (Å²) < 4.78 is 0.